The highest BCUT2D eigenvalue weighted by atomic mass is 79.9. The van der Waals surface area contributed by atoms with Crippen LogP contribution in [0.3, 0.4) is 0 Å². The largest absolute Gasteiger partial charge is 0.384 e. The van der Waals surface area contributed by atoms with Crippen LogP contribution in [0.5, 0.6) is 0 Å². The van der Waals surface area contributed by atoms with Gasteiger partial charge in [-0.25, -0.2) is 0 Å². The van der Waals surface area contributed by atoms with Crippen LogP contribution in [-0.4, -0.2) is 13.1 Å². The SMILES string of the molecule is N#Cc1cc(Br)ccc1NCCCN. The first-order valence-electron chi connectivity index (χ1n) is 4.41. The van der Waals surface area contributed by atoms with Crippen molar-refractivity contribution < 1.29 is 0 Å². The summed E-state index contributed by atoms with van der Waals surface area (Å²) in [5.41, 5.74) is 6.89. The Morgan fingerprint density at radius 1 is 1.50 bits per heavy atom. The predicted molar refractivity (Wildman–Crippen MR) is 61.0 cm³/mol. The molecule has 0 aliphatic heterocycles. The van der Waals surface area contributed by atoms with Gasteiger partial charge < -0.3 is 11.1 Å². The maximum atomic E-state index is 8.86. The topological polar surface area (TPSA) is 61.8 Å². The number of benzene rings is 1. The van der Waals surface area contributed by atoms with E-state index in [-0.39, 0.29) is 0 Å². The maximum absolute atomic E-state index is 8.86. The van der Waals surface area contributed by atoms with Crippen molar-refractivity contribution in [3.8, 4) is 6.07 Å². The van der Waals surface area contributed by atoms with Gasteiger partial charge in [0.25, 0.3) is 0 Å². The summed E-state index contributed by atoms with van der Waals surface area (Å²) < 4.78 is 0.915. The fourth-order valence-corrected chi connectivity index (χ4v) is 1.45. The van der Waals surface area contributed by atoms with Gasteiger partial charge in [-0.15, -0.1) is 0 Å². The highest BCUT2D eigenvalue weighted by Crippen LogP contribution is 2.19. The van der Waals surface area contributed by atoms with Crippen LogP contribution in [0.2, 0.25) is 0 Å². The summed E-state index contributed by atoms with van der Waals surface area (Å²) >= 11 is 3.32. The molecule has 0 spiro atoms. The summed E-state index contributed by atoms with van der Waals surface area (Å²) in [4.78, 5) is 0. The molecule has 1 rings (SSSR count). The van der Waals surface area contributed by atoms with E-state index < -0.39 is 0 Å². The Bertz CT molecular complexity index is 344. The summed E-state index contributed by atoms with van der Waals surface area (Å²) in [6.07, 6.45) is 0.904. The minimum Gasteiger partial charge on any atom is -0.384 e. The molecule has 0 bridgehead atoms. The van der Waals surface area contributed by atoms with Gasteiger partial charge >= 0.3 is 0 Å². The van der Waals surface area contributed by atoms with Crippen LogP contribution in [0, 0.1) is 11.3 Å². The Kier molecular flexibility index (Phi) is 4.44. The van der Waals surface area contributed by atoms with Crippen LogP contribution in [0.25, 0.3) is 0 Å². The smallest absolute Gasteiger partial charge is 0.101 e. The van der Waals surface area contributed by atoms with Crippen molar-refractivity contribution in [2.45, 2.75) is 6.42 Å². The van der Waals surface area contributed by atoms with Gasteiger partial charge in [0.15, 0.2) is 0 Å². The van der Waals surface area contributed by atoms with Crippen LogP contribution >= 0.6 is 15.9 Å². The summed E-state index contributed by atoms with van der Waals surface area (Å²) in [6.45, 7) is 1.46. The van der Waals surface area contributed by atoms with Gasteiger partial charge in [-0.3, -0.25) is 0 Å². The van der Waals surface area contributed by atoms with E-state index in [4.69, 9.17) is 11.0 Å². The van der Waals surface area contributed by atoms with Crippen molar-refractivity contribution in [3.05, 3.63) is 28.2 Å². The molecule has 0 fully saturated rings. The Hall–Kier alpha value is -1.05. The Morgan fingerprint density at radius 3 is 2.93 bits per heavy atom. The van der Waals surface area contributed by atoms with Gasteiger partial charge in [0.1, 0.15) is 6.07 Å². The lowest BCUT2D eigenvalue weighted by molar-refractivity contribution is 0.874. The average molecular weight is 254 g/mol. The Labute approximate surface area is 92.0 Å². The summed E-state index contributed by atoms with van der Waals surface area (Å²) in [5.74, 6) is 0. The number of nitrogens with two attached hydrogens (primary N) is 1. The number of nitriles is 1. The third kappa shape index (κ3) is 3.02. The van der Waals surface area contributed by atoms with E-state index in [1.165, 1.54) is 0 Å². The molecule has 4 heteroatoms. The molecule has 74 valence electrons. The monoisotopic (exact) mass is 253 g/mol. The highest BCUT2D eigenvalue weighted by molar-refractivity contribution is 9.10. The van der Waals surface area contributed by atoms with E-state index in [0.717, 1.165) is 23.1 Å². The van der Waals surface area contributed by atoms with Crippen LogP contribution in [0.4, 0.5) is 5.69 Å². The molecule has 0 saturated carbocycles. The second kappa shape index (κ2) is 5.63. The van der Waals surface area contributed by atoms with Gasteiger partial charge in [0.05, 0.1) is 11.3 Å². The normalized spacial score (nSPS) is 9.50. The lowest BCUT2D eigenvalue weighted by Gasteiger charge is -2.07. The van der Waals surface area contributed by atoms with Crippen LogP contribution in [0.1, 0.15) is 12.0 Å². The number of rotatable bonds is 4. The highest BCUT2D eigenvalue weighted by Gasteiger charge is 2.00. The van der Waals surface area contributed by atoms with Gasteiger partial charge in [-0.05, 0) is 31.2 Å². The van der Waals surface area contributed by atoms with Crippen molar-refractivity contribution in [3.63, 3.8) is 0 Å². The molecule has 1 aromatic rings. The zero-order chi connectivity index (χ0) is 10.4. The first-order valence-corrected chi connectivity index (χ1v) is 5.21. The Balaban J connectivity index is 2.72. The molecule has 3 nitrogen and oxygen atoms in total. The summed E-state index contributed by atoms with van der Waals surface area (Å²) in [7, 11) is 0. The molecule has 3 N–H and O–H groups in total. The van der Waals surface area contributed by atoms with Gasteiger partial charge in [0, 0.05) is 11.0 Å². The van der Waals surface area contributed by atoms with E-state index in [1.807, 2.05) is 12.1 Å². The van der Waals surface area contributed by atoms with Crippen LogP contribution < -0.4 is 11.1 Å². The minimum absolute atomic E-state index is 0.649. The predicted octanol–water partition coefficient (Wildman–Crippen LogP) is 2.08. The molecule has 0 atom stereocenters. The maximum Gasteiger partial charge on any atom is 0.101 e. The van der Waals surface area contributed by atoms with E-state index in [2.05, 4.69) is 27.3 Å². The van der Waals surface area contributed by atoms with Gasteiger partial charge in [-0.1, -0.05) is 15.9 Å². The lowest BCUT2D eigenvalue weighted by atomic mass is 10.2. The molecular formula is C10H12BrN3. The quantitative estimate of drug-likeness (QED) is 0.808. The van der Waals surface area contributed by atoms with E-state index >= 15 is 0 Å². The first-order chi connectivity index (χ1) is 6.77. The molecule has 14 heavy (non-hydrogen) atoms. The minimum atomic E-state index is 0.649. The number of hydrogen-bond donors (Lipinski definition) is 2. The van der Waals surface area contributed by atoms with E-state index in [0.29, 0.717) is 12.1 Å². The van der Waals surface area contributed by atoms with Gasteiger partial charge in [0.2, 0.25) is 0 Å². The Morgan fingerprint density at radius 2 is 2.29 bits per heavy atom. The molecule has 0 saturated heterocycles. The van der Waals surface area contributed by atoms with Crippen molar-refractivity contribution in [1.29, 1.82) is 5.26 Å². The third-order valence-corrected chi connectivity index (χ3v) is 2.29. The van der Waals surface area contributed by atoms with Gasteiger partial charge in [-0.2, -0.15) is 5.26 Å². The van der Waals surface area contributed by atoms with Crippen molar-refractivity contribution in [2.75, 3.05) is 18.4 Å². The molecular weight excluding hydrogens is 242 g/mol. The standard InChI is InChI=1S/C10H12BrN3/c11-9-2-3-10(8(6-9)7-13)14-5-1-4-12/h2-3,6,14H,1,4-5,12H2. The number of nitrogens with one attached hydrogen (secondary N) is 1. The lowest BCUT2D eigenvalue weighted by Crippen LogP contribution is -2.09. The fraction of sp³-hybridized carbons (Fsp3) is 0.300. The molecule has 0 radical (unpaired) electrons. The van der Waals surface area contributed by atoms with Crippen molar-refractivity contribution in [2.24, 2.45) is 5.73 Å². The molecule has 0 heterocycles. The molecule has 1 aromatic carbocycles. The molecule has 0 amide bonds. The molecule has 0 aliphatic rings. The first kappa shape index (κ1) is 11.0. The number of halogens is 1. The molecule has 0 aliphatic carbocycles. The van der Waals surface area contributed by atoms with Crippen LogP contribution in [-0.2, 0) is 0 Å². The number of anilines is 1. The molecule has 0 unspecified atom stereocenters. The van der Waals surface area contributed by atoms with E-state index in [9.17, 15) is 0 Å². The van der Waals surface area contributed by atoms with Crippen LogP contribution in [0.15, 0.2) is 22.7 Å². The second-order valence-electron chi connectivity index (χ2n) is 2.87. The zero-order valence-corrected chi connectivity index (χ0v) is 9.34. The van der Waals surface area contributed by atoms with Crippen molar-refractivity contribution in [1.82, 2.24) is 0 Å². The second-order valence-corrected chi connectivity index (χ2v) is 3.79. The molecule has 0 aromatic heterocycles. The third-order valence-electron chi connectivity index (χ3n) is 1.80. The summed E-state index contributed by atoms with van der Waals surface area (Å²) in [6, 6.07) is 7.73. The van der Waals surface area contributed by atoms with Crippen molar-refractivity contribution >= 4 is 21.6 Å². The average Bonchev–Trinajstić information content (AvgIpc) is 2.20. The summed E-state index contributed by atoms with van der Waals surface area (Å²) in [5, 5.41) is 12.0. The zero-order valence-electron chi connectivity index (χ0n) is 7.76. The van der Waals surface area contributed by atoms with E-state index in [1.54, 1.807) is 6.07 Å². The number of hydrogen-bond acceptors (Lipinski definition) is 3. The number of nitrogens with zero attached hydrogens (tertiary/aromatic N) is 1. The fourth-order valence-electron chi connectivity index (χ4n) is 1.09.